The van der Waals surface area contributed by atoms with Gasteiger partial charge >= 0.3 is 0 Å². The molecule has 2 rings (SSSR count). The van der Waals surface area contributed by atoms with E-state index < -0.39 is 0 Å². The number of ether oxygens (including phenoxy) is 2. The second-order valence-corrected chi connectivity index (χ2v) is 6.84. The second-order valence-electron chi connectivity index (χ2n) is 6.43. The first-order valence-electron chi connectivity index (χ1n) is 9.28. The highest BCUT2D eigenvalue weighted by Gasteiger charge is 2.10. The molecule has 0 spiro atoms. The molecule has 0 saturated carbocycles. The van der Waals surface area contributed by atoms with Gasteiger partial charge in [-0.3, -0.25) is 10.2 Å². The van der Waals surface area contributed by atoms with Gasteiger partial charge in [-0.05, 0) is 61.5 Å². The number of aryl methyl sites for hydroxylation is 2. The van der Waals surface area contributed by atoms with Crippen molar-refractivity contribution in [2.45, 2.75) is 13.8 Å². The molecule has 0 fully saturated rings. The van der Waals surface area contributed by atoms with Crippen molar-refractivity contribution in [2.24, 2.45) is 5.10 Å². The van der Waals surface area contributed by atoms with Crippen molar-refractivity contribution < 1.29 is 14.3 Å². The van der Waals surface area contributed by atoms with Gasteiger partial charge in [0.1, 0.15) is 0 Å². The molecule has 158 valence electrons. The third kappa shape index (κ3) is 7.21. The predicted molar refractivity (Wildman–Crippen MR) is 125 cm³/mol. The van der Waals surface area contributed by atoms with Crippen LogP contribution in [0.2, 0.25) is 0 Å². The van der Waals surface area contributed by atoms with Gasteiger partial charge < -0.3 is 20.1 Å². The number of nitrogens with one attached hydrogen (secondary N) is 3. The van der Waals surface area contributed by atoms with Gasteiger partial charge in [0.25, 0.3) is 5.91 Å². The summed E-state index contributed by atoms with van der Waals surface area (Å²) in [6.07, 6.45) is 3.30. The minimum absolute atomic E-state index is 0.137. The number of nitrogens with zero attached hydrogens (tertiary/aromatic N) is 1. The third-order valence-electron chi connectivity index (χ3n) is 3.99. The molecule has 2 aromatic rings. The Morgan fingerprint density at radius 1 is 1.20 bits per heavy atom. The maximum absolute atomic E-state index is 12.2. The zero-order valence-corrected chi connectivity index (χ0v) is 18.1. The van der Waals surface area contributed by atoms with E-state index in [0.29, 0.717) is 23.2 Å². The lowest BCUT2D eigenvalue weighted by atomic mass is 10.1. The molecule has 0 aliphatic rings. The number of amides is 1. The first-order valence-corrected chi connectivity index (χ1v) is 9.69. The molecule has 3 N–H and O–H groups in total. The van der Waals surface area contributed by atoms with Crippen molar-refractivity contribution in [3.63, 3.8) is 0 Å². The van der Waals surface area contributed by atoms with Gasteiger partial charge in [0, 0.05) is 12.2 Å². The first kappa shape index (κ1) is 22.9. The van der Waals surface area contributed by atoms with E-state index in [9.17, 15) is 4.79 Å². The van der Waals surface area contributed by atoms with Gasteiger partial charge in [-0.15, -0.1) is 6.58 Å². The smallest absolute Gasteiger partial charge is 0.262 e. The average Bonchev–Trinajstić information content (AvgIpc) is 2.73. The molecule has 0 bridgehead atoms. The maximum Gasteiger partial charge on any atom is 0.262 e. The summed E-state index contributed by atoms with van der Waals surface area (Å²) in [5, 5.41) is 10.2. The fraction of sp³-hybridized carbons (Fsp3) is 0.227. The monoisotopic (exact) mass is 426 g/mol. The molecule has 30 heavy (non-hydrogen) atoms. The van der Waals surface area contributed by atoms with Crippen LogP contribution in [0.1, 0.15) is 16.7 Å². The highest BCUT2D eigenvalue weighted by Crippen LogP contribution is 2.27. The zero-order chi connectivity index (χ0) is 21.9. The number of thiocarbonyl (C=S) groups is 1. The first-order chi connectivity index (χ1) is 14.4. The summed E-state index contributed by atoms with van der Waals surface area (Å²) in [5.41, 5.74) is 6.38. The number of anilines is 1. The Labute approximate surface area is 182 Å². The van der Waals surface area contributed by atoms with Crippen LogP contribution in [-0.2, 0) is 4.79 Å². The highest BCUT2D eigenvalue weighted by molar-refractivity contribution is 7.80. The minimum Gasteiger partial charge on any atom is -0.493 e. The second kappa shape index (κ2) is 11.6. The number of benzene rings is 2. The molecular weight excluding hydrogens is 400 g/mol. The quantitative estimate of drug-likeness (QED) is 0.247. The van der Waals surface area contributed by atoms with Gasteiger partial charge in [-0.2, -0.15) is 5.10 Å². The summed E-state index contributed by atoms with van der Waals surface area (Å²) in [5.74, 6) is 0.701. The van der Waals surface area contributed by atoms with Crippen molar-refractivity contribution in [3.05, 3.63) is 65.7 Å². The van der Waals surface area contributed by atoms with E-state index in [1.807, 2.05) is 32.0 Å². The molecule has 0 radical (unpaired) electrons. The molecule has 2 aromatic carbocycles. The molecule has 0 atom stereocenters. The van der Waals surface area contributed by atoms with Crippen LogP contribution in [0, 0.1) is 13.8 Å². The van der Waals surface area contributed by atoms with Crippen molar-refractivity contribution >= 4 is 35.1 Å². The van der Waals surface area contributed by atoms with Gasteiger partial charge in [-0.25, -0.2) is 0 Å². The largest absolute Gasteiger partial charge is 0.493 e. The van der Waals surface area contributed by atoms with Crippen LogP contribution in [0.15, 0.2) is 54.2 Å². The van der Waals surface area contributed by atoms with E-state index in [0.717, 1.165) is 22.4 Å². The van der Waals surface area contributed by atoms with Crippen LogP contribution in [0.3, 0.4) is 0 Å². The number of carbonyl (C=O) groups excluding carboxylic acids is 1. The Bertz CT molecular complexity index is 944. The van der Waals surface area contributed by atoms with Gasteiger partial charge in [0.2, 0.25) is 0 Å². The molecular formula is C22H26N4O3S. The van der Waals surface area contributed by atoms with Crippen molar-refractivity contribution in [1.29, 1.82) is 0 Å². The Morgan fingerprint density at radius 3 is 2.70 bits per heavy atom. The number of methoxy groups -OCH3 is 1. The van der Waals surface area contributed by atoms with Crippen LogP contribution in [-0.4, -0.2) is 37.5 Å². The van der Waals surface area contributed by atoms with E-state index in [1.165, 1.54) is 7.11 Å². The highest BCUT2D eigenvalue weighted by atomic mass is 32.1. The SMILES string of the molecule is C=CCNC(=S)N/N=C/c1ccc(OCC(=O)Nc2ccc(C)cc2C)c(OC)c1. The van der Waals surface area contributed by atoms with E-state index in [4.69, 9.17) is 21.7 Å². The van der Waals surface area contributed by atoms with Crippen LogP contribution < -0.4 is 25.5 Å². The van der Waals surface area contributed by atoms with E-state index in [-0.39, 0.29) is 12.5 Å². The van der Waals surface area contributed by atoms with Gasteiger partial charge in [-0.1, -0.05) is 23.8 Å². The fourth-order valence-electron chi connectivity index (χ4n) is 2.54. The maximum atomic E-state index is 12.2. The van der Waals surface area contributed by atoms with Crippen LogP contribution in [0.25, 0.3) is 0 Å². The third-order valence-corrected chi connectivity index (χ3v) is 4.22. The van der Waals surface area contributed by atoms with E-state index in [1.54, 1.807) is 30.5 Å². The fourth-order valence-corrected chi connectivity index (χ4v) is 2.67. The molecule has 7 nitrogen and oxygen atoms in total. The van der Waals surface area contributed by atoms with Gasteiger partial charge in [0.15, 0.2) is 23.2 Å². The zero-order valence-electron chi connectivity index (χ0n) is 17.3. The Morgan fingerprint density at radius 2 is 2.00 bits per heavy atom. The van der Waals surface area contributed by atoms with E-state index in [2.05, 4.69) is 27.7 Å². The lowest BCUT2D eigenvalue weighted by molar-refractivity contribution is -0.118. The number of hydrogen-bond donors (Lipinski definition) is 3. The summed E-state index contributed by atoms with van der Waals surface area (Å²) >= 11 is 5.06. The molecule has 0 aliphatic carbocycles. The summed E-state index contributed by atoms with van der Waals surface area (Å²) in [4.78, 5) is 12.2. The topological polar surface area (TPSA) is 84.0 Å². The summed E-state index contributed by atoms with van der Waals surface area (Å²) in [6.45, 7) is 7.97. The number of carbonyl (C=O) groups is 1. The van der Waals surface area contributed by atoms with Gasteiger partial charge in [0.05, 0.1) is 13.3 Å². The molecule has 0 aliphatic heterocycles. The van der Waals surface area contributed by atoms with Crippen LogP contribution in [0.5, 0.6) is 11.5 Å². The summed E-state index contributed by atoms with van der Waals surface area (Å²) in [7, 11) is 1.53. The van der Waals surface area contributed by atoms with Crippen LogP contribution in [0.4, 0.5) is 5.69 Å². The van der Waals surface area contributed by atoms with Crippen LogP contribution >= 0.6 is 12.2 Å². The predicted octanol–water partition coefficient (Wildman–Crippen LogP) is 3.31. The molecule has 0 unspecified atom stereocenters. The Hall–Kier alpha value is -3.39. The molecule has 8 heteroatoms. The molecule has 1 amide bonds. The normalized spacial score (nSPS) is 10.4. The number of hydrogen-bond acceptors (Lipinski definition) is 5. The Balaban J connectivity index is 1.93. The minimum atomic E-state index is -0.251. The van der Waals surface area contributed by atoms with Crippen molar-refractivity contribution in [3.8, 4) is 11.5 Å². The standard InChI is InChI=1S/C22H26N4O3S/c1-5-10-23-22(30)26-24-13-17-7-9-19(20(12-17)28-4)29-14-21(27)25-18-8-6-15(2)11-16(18)3/h5-9,11-13H,1,10,14H2,2-4H3,(H,25,27)(H2,23,26,30)/b24-13+. The lowest BCUT2D eigenvalue weighted by Crippen LogP contribution is -2.31. The number of hydrazone groups is 1. The molecule has 0 saturated heterocycles. The lowest BCUT2D eigenvalue weighted by Gasteiger charge is -2.12. The summed E-state index contributed by atoms with van der Waals surface area (Å²) in [6, 6.07) is 11.1. The number of rotatable bonds is 9. The Kier molecular flexibility index (Phi) is 8.83. The average molecular weight is 427 g/mol. The van der Waals surface area contributed by atoms with Crippen molar-refractivity contribution in [2.75, 3.05) is 25.6 Å². The summed E-state index contributed by atoms with van der Waals surface area (Å²) < 4.78 is 11.0. The van der Waals surface area contributed by atoms with Crippen molar-refractivity contribution in [1.82, 2.24) is 10.7 Å². The van der Waals surface area contributed by atoms with E-state index >= 15 is 0 Å². The molecule has 0 heterocycles. The molecule has 0 aromatic heterocycles.